The van der Waals surface area contributed by atoms with Crippen LogP contribution in [0.5, 0.6) is 0 Å². The summed E-state index contributed by atoms with van der Waals surface area (Å²) in [5, 5.41) is 12.0. The van der Waals surface area contributed by atoms with Gasteiger partial charge in [0, 0.05) is 42.4 Å². The van der Waals surface area contributed by atoms with Crippen molar-refractivity contribution in [2.24, 2.45) is 34.5 Å². The van der Waals surface area contributed by atoms with Crippen LogP contribution in [0, 0.1) is 54.4 Å². The van der Waals surface area contributed by atoms with Gasteiger partial charge in [-0.1, -0.05) is 120 Å². The molecule has 1 radical (unpaired) electrons. The van der Waals surface area contributed by atoms with Gasteiger partial charge in [-0.2, -0.15) is 0 Å². The summed E-state index contributed by atoms with van der Waals surface area (Å²) in [6.45, 7) is 25.0. The van der Waals surface area contributed by atoms with Gasteiger partial charge in [-0.25, -0.2) is 0 Å². The van der Waals surface area contributed by atoms with Crippen LogP contribution in [0.25, 0.3) is 22.2 Å². The molecule has 0 saturated heterocycles. The molecular weight excluding hydrogens is 731 g/mol. The fraction of sp³-hybridized carbons (Fsp3) is 0.561. The number of allylic oxidation sites excluding steroid dienone is 2. The SMILES string of the molecule is CC(C)C(C)(C(=O)/C=C(\O)C(C)(C(C)C)C(C)C)C(C)C.Cc1[c-]c(-c2cc(C3CCCC3)c3ccccc3n2)cc(C)c1.[Ir]. The van der Waals surface area contributed by atoms with E-state index in [1.54, 1.807) is 0 Å². The number of carbonyl (C=O) groups is 1. The number of aromatic nitrogens is 1. The van der Waals surface area contributed by atoms with E-state index >= 15 is 0 Å². The van der Waals surface area contributed by atoms with E-state index in [-0.39, 0.29) is 60.7 Å². The van der Waals surface area contributed by atoms with Crippen molar-refractivity contribution in [3.05, 3.63) is 77.1 Å². The molecule has 1 N–H and O–H groups in total. The zero-order valence-electron chi connectivity index (χ0n) is 30.0. The van der Waals surface area contributed by atoms with Crippen molar-refractivity contribution in [1.29, 1.82) is 0 Å². The largest absolute Gasteiger partial charge is 0.512 e. The van der Waals surface area contributed by atoms with Crippen molar-refractivity contribution in [3.8, 4) is 11.3 Å². The number of ketones is 1. The number of nitrogens with zero attached hydrogens (tertiary/aromatic N) is 1. The number of benzene rings is 2. The predicted molar refractivity (Wildman–Crippen MR) is 188 cm³/mol. The van der Waals surface area contributed by atoms with E-state index in [4.69, 9.17) is 4.98 Å². The van der Waals surface area contributed by atoms with Gasteiger partial charge in [-0.15, -0.1) is 34.9 Å². The van der Waals surface area contributed by atoms with Gasteiger partial charge in [-0.3, -0.25) is 9.78 Å². The van der Waals surface area contributed by atoms with Crippen LogP contribution in [-0.2, 0) is 24.9 Å². The Labute approximate surface area is 288 Å². The minimum Gasteiger partial charge on any atom is -0.512 e. The number of hydrogen-bond acceptors (Lipinski definition) is 3. The van der Waals surface area contributed by atoms with Gasteiger partial charge in [0.1, 0.15) is 5.76 Å². The number of hydrogen-bond donors (Lipinski definition) is 1. The van der Waals surface area contributed by atoms with Crippen LogP contribution >= 0.6 is 0 Å². The topological polar surface area (TPSA) is 50.2 Å². The molecule has 0 atom stereocenters. The molecule has 1 heterocycles. The quantitative estimate of drug-likeness (QED) is 0.133. The summed E-state index contributed by atoms with van der Waals surface area (Å²) >= 11 is 0. The first-order chi connectivity index (χ1) is 20.5. The smallest absolute Gasteiger partial charge is 0.165 e. The Morgan fingerprint density at radius 2 is 1.40 bits per heavy atom. The molecule has 1 aliphatic rings. The van der Waals surface area contributed by atoms with Gasteiger partial charge in [0.2, 0.25) is 0 Å². The van der Waals surface area contributed by atoms with E-state index in [1.807, 2.05) is 13.8 Å². The molecule has 0 bridgehead atoms. The number of fused-ring (bicyclic) bond motifs is 1. The molecule has 3 nitrogen and oxygen atoms in total. The van der Waals surface area contributed by atoms with E-state index in [0.29, 0.717) is 5.92 Å². The normalized spacial score (nSPS) is 14.7. The van der Waals surface area contributed by atoms with Crippen LogP contribution in [0.2, 0.25) is 0 Å². The fourth-order valence-electron chi connectivity index (χ4n) is 6.88. The number of aliphatic hydroxyl groups excluding tert-OH is 1. The molecule has 0 unspecified atom stereocenters. The average molecular weight is 789 g/mol. The van der Waals surface area contributed by atoms with Crippen LogP contribution < -0.4 is 0 Å². The third-order valence-corrected chi connectivity index (χ3v) is 11.1. The molecule has 45 heavy (non-hydrogen) atoms. The Morgan fingerprint density at radius 3 is 1.91 bits per heavy atom. The Kier molecular flexibility index (Phi) is 13.8. The molecule has 249 valence electrons. The summed E-state index contributed by atoms with van der Waals surface area (Å²) in [6.07, 6.45) is 6.83. The minimum absolute atomic E-state index is 0. The molecule has 3 aromatic rings. The standard InChI is InChI=1S/C22H22N.C19H36O2.Ir/c1-15-11-16(2)13-18(12-15)22-14-20(17-7-3-4-8-17)19-9-5-6-10-21(19)23-22;1-12(2)18(9,13(3)4)16(20)11-17(21)19(10,14(5)6)15(7)8;/h5-6,9-12,14,17H,3-4,7-8H2,1-2H3;11-15,20H,1-10H3;/q-1;;/b;16-11-;. The molecule has 1 fully saturated rings. The Morgan fingerprint density at radius 1 is 0.867 bits per heavy atom. The Hall–Kier alpha value is -2.29. The predicted octanol–water partition coefficient (Wildman–Crippen LogP) is 11.6. The maximum atomic E-state index is 12.8. The number of rotatable bonds is 9. The van der Waals surface area contributed by atoms with Crippen molar-refractivity contribution in [2.75, 3.05) is 0 Å². The number of para-hydroxylation sites is 1. The number of aliphatic hydroxyl groups is 1. The maximum absolute atomic E-state index is 12.8. The molecule has 1 aromatic heterocycles. The number of carbonyl (C=O) groups excluding carboxylic acids is 1. The van der Waals surface area contributed by atoms with Gasteiger partial charge in [0.15, 0.2) is 5.78 Å². The molecule has 2 aromatic carbocycles. The first kappa shape index (κ1) is 38.9. The molecule has 0 spiro atoms. The van der Waals surface area contributed by atoms with Crippen LogP contribution in [0.4, 0.5) is 0 Å². The van der Waals surface area contributed by atoms with Crippen LogP contribution in [-0.4, -0.2) is 15.9 Å². The van der Waals surface area contributed by atoms with Gasteiger partial charge in [0.25, 0.3) is 0 Å². The summed E-state index contributed by atoms with van der Waals surface area (Å²) in [7, 11) is 0. The molecule has 0 aliphatic heterocycles. The van der Waals surface area contributed by atoms with E-state index in [9.17, 15) is 9.90 Å². The van der Waals surface area contributed by atoms with E-state index in [2.05, 4.69) is 118 Å². The number of aryl methyl sites for hydroxylation is 2. The van der Waals surface area contributed by atoms with Crippen molar-refractivity contribution in [1.82, 2.24) is 4.98 Å². The monoisotopic (exact) mass is 789 g/mol. The van der Waals surface area contributed by atoms with Gasteiger partial charge in [-0.05, 0) is 59.8 Å². The molecule has 4 rings (SSSR count). The van der Waals surface area contributed by atoms with Gasteiger partial charge < -0.3 is 5.11 Å². The van der Waals surface area contributed by atoms with E-state index < -0.39 is 5.41 Å². The summed E-state index contributed by atoms with van der Waals surface area (Å²) in [6, 6.07) is 18.8. The molecule has 0 amide bonds. The summed E-state index contributed by atoms with van der Waals surface area (Å²) in [5.74, 6) is 1.96. The summed E-state index contributed by atoms with van der Waals surface area (Å²) in [4.78, 5) is 17.7. The second-order valence-corrected chi connectivity index (χ2v) is 14.9. The fourth-order valence-corrected chi connectivity index (χ4v) is 6.88. The third-order valence-electron chi connectivity index (χ3n) is 11.1. The third kappa shape index (κ3) is 8.55. The van der Waals surface area contributed by atoms with Gasteiger partial charge >= 0.3 is 0 Å². The minimum atomic E-state index is -0.442. The molecule has 4 heteroatoms. The Bertz CT molecular complexity index is 1420. The van der Waals surface area contributed by atoms with E-state index in [1.165, 1.54) is 53.8 Å². The molecular formula is C41H58IrNO2-. The molecule has 1 saturated carbocycles. The zero-order valence-corrected chi connectivity index (χ0v) is 32.4. The maximum Gasteiger partial charge on any atom is 0.165 e. The van der Waals surface area contributed by atoms with Crippen LogP contribution in [0.1, 0.15) is 118 Å². The number of pyridine rings is 1. The van der Waals surface area contributed by atoms with Crippen LogP contribution in [0.15, 0.2) is 54.3 Å². The first-order valence-electron chi connectivity index (χ1n) is 16.9. The van der Waals surface area contributed by atoms with Crippen molar-refractivity contribution < 1.29 is 30.0 Å². The Balaban J connectivity index is 0.000000309. The summed E-state index contributed by atoms with van der Waals surface area (Å²) in [5.41, 5.74) is 6.42. The summed E-state index contributed by atoms with van der Waals surface area (Å²) < 4.78 is 0. The van der Waals surface area contributed by atoms with Crippen LogP contribution in [0.3, 0.4) is 0 Å². The zero-order chi connectivity index (χ0) is 33.0. The first-order valence-corrected chi connectivity index (χ1v) is 16.9. The van der Waals surface area contributed by atoms with Gasteiger partial charge in [0.05, 0.1) is 5.52 Å². The second kappa shape index (κ2) is 16.0. The molecule has 1 aliphatic carbocycles. The van der Waals surface area contributed by atoms with Crippen molar-refractivity contribution in [2.45, 2.75) is 115 Å². The van der Waals surface area contributed by atoms with Crippen molar-refractivity contribution >= 4 is 16.7 Å². The average Bonchev–Trinajstić information content (AvgIpc) is 3.49. The van der Waals surface area contributed by atoms with Crippen molar-refractivity contribution in [3.63, 3.8) is 0 Å². The van der Waals surface area contributed by atoms with E-state index in [0.717, 1.165) is 16.8 Å². The second-order valence-electron chi connectivity index (χ2n) is 14.9.